The highest BCUT2D eigenvalue weighted by atomic mass is 16.6. The maximum absolute atomic E-state index is 11.0. The minimum absolute atomic E-state index is 0.142. The first kappa shape index (κ1) is 12.5. The number of aromatic nitrogens is 2. The molecular formula is C12H9N3O4. The Balaban J connectivity index is 2.47. The van der Waals surface area contributed by atoms with Crippen LogP contribution in [0.2, 0.25) is 0 Å². The van der Waals surface area contributed by atoms with E-state index in [4.69, 9.17) is 5.11 Å². The van der Waals surface area contributed by atoms with Crippen molar-refractivity contribution >= 4 is 17.7 Å². The summed E-state index contributed by atoms with van der Waals surface area (Å²) < 4.78 is 1.38. The van der Waals surface area contributed by atoms with E-state index in [2.05, 4.69) is 5.10 Å². The molecular weight excluding hydrogens is 250 g/mol. The highest BCUT2D eigenvalue weighted by molar-refractivity contribution is 5.85. The van der Waals surface area contributed by atoms with Crippen LogP contribution in [0, 0.1) is 10.1 Å². The number of hydrogen-bond acceptors (Lipinski definition) is 4. The summed E-state index contributed by atoms with van der Waals surface area (Å²) in [7, 11) is 0. The Morgan fingerprint density at radius 2 is 2.26 bits per heavy atom. The molecule has 0 radical (unpaired) electrons. The number of benzene rings is 1. The van der Waals surface area contributed by atoms with Crippen LogP contribution in [0.1, 0.15) is 5.56 Å². The number of nitrogens with zero attached hydrogens (tertiary/aromatic N) is 3. The van der Waals surface area contributed by atoms with Gasteiger partial charge in [0.15, 0.2) is 0 Å². The average Bonchev–Trinajstić information content (AvgIpc) is 2.89. The van der Waals surface area contributed by atoms with Crippen LogP contribution < -0.4 is 0 Å². The molecule has 0 bridgehead atoms. The van der Waals surface area contributed by atoms with E-state index in [1.54, 1.807) is 18.3 Å². The first-order valence-electron chi connectivity index (χ1n) is 5.27. The summed E-state index contributed by atoms with van der Waals surface area (Å²) >= 11 is 0. The fourth-order valence-corrected chi connectivity index (χ4v) is 1.56. The van der Waals surface area contributed by atoms with E-state index in [0.717, 1.165) is 6.08 Å². The number of nitro benzene ring substituents is 1. The second kappa shape index (κ2) is 5.13. The van der Waals surface area contributed by atoms with E-state index in [0.29, 0.717) is 11.3 Å². The zero-order valence-electron chi connectivity index (χ0n) is 9.63. The number of hydrogen-bond donors (Lipinski definition) is 1. The van der Waals surface area contributed by atoms with Crippen molar-refractivity contribution < 1.29 is 14.8 Å². The third-order valence-corrected chi connectivity index (χ3v) is 2.37. The molecule has 1 aromatic carbocycles. The molecule has 0 saturated carbocycles. The fourth-order valence-electron chi connectivity index (χ4n) is 1.56. The van der Waals surface area contributed by atoms with Crippen molar-refractivity contribution in [3.63, 3.8) is 0 Å². The largest absolute Gasteiger partial charge is 0.478 e. The third-order valence-electron chi connectivity index (χ3n) is 2.37. The highest BCUT2D eigenvalue weighted by Gasteiger charge is 2.15. The number of carboxylic acids is 1. The molecule has 0 saturated heterocycles. The van der Waals surface area contributed by atoms with Gasteiger partial charge in [-0.2, -0.15) is 5.10 Å². The van der Waals surface area contributed by atoms with Gasteiger partial charge in [0, 0.05) is 24.5 Å². The lowest BCUT2D eigenvalue weighted by Crippen LogP contribution is -2.00. The Labute approximate surface area is 107 Å². The zero-order chi connectivity index (χ0) is 13.8. The second-order valence-corrected chi connectivity index (χ2v) is 3.63. The van der Waals surface area contributed by atoms with Crippen LogP contribution in [0.15, 0.2) is 42.7 Å². The quantitative estimate of drug-likeness (QED) is 0.513. The van der Waals surface area contributed by atoms with E-state index in [1.165, 1.54) is 29.1 Å². The molecule has 0 fully saturated rings. The predicted octanol–water partition coefficient (Wildman–Crippen LogP) is 1.88. The third kappa shape index (κ3) is 2.83. The van der Waals surface area contributed by atoms with Crippen LogP contribution in [0.4, 0.5) is 5.69 Å². The normalized spacial score (nSPS) is 10.7. The molecule has 1 N–H and O–H groups in total. The molecule has 1 heterocycles. The Morgan fingerprint density at radius 1 is 1.47 bits per heavy atom. The fraction of sp³-hybridized carbons (Fsp3) is 0. The summed E-state index contributed by atoms with van der Waals surface area (Å²) in [6.07, 6.45) is 5.33. The molecule has 0 aliphatic carbocycles. The van der Waals surface area contributed by atoms with E-state index in [1.807, 2.05) is 0 Å². The zero-order valence-corrected chi connectivity index (χ0v) is 9.63. The highest BCUT2D eigenvalue weighted by Crippen LogP contribution is 2.24. The SMILES string of the molecule is O=C(O)/C=C/c1ccc(-n2cccn2)c([N+](=O)[O-])c1. The second-order valence-electron chi connectivity index (χ2n) is 3.63. The van der Waals surface area contributed by atoms with Crippen molar-refractivity contribution in [3.05, 3.63) is 58.4 Å². The van der Waals surface area contributed by atoms with Crippen molar-refractivity contribution in [2.75, 3.05) is 0 Å². The molecule has 7 heteroatoms. The van der Waals surface area contributed by atoms with Gasteiger partial charge in [-0.1, -0.05) is 6.07 Å². The van der Waals surface area contributed by atoms with E-state index < -0.39 is 10.9 Å². The Kier molecular flexibility index (Phi) is 3.37. The molecule has 96 valence electrons. The maximum Gasteiger partial charge on any atom is 0.328 e. The molecule has 0 spiro atoms. The number of aliphatic carboxylic acids is 1. The summed E-state index contributed by atoms with van der Waals surface area (Å²) in [4.78, 5) is 20.9. The number of carboxylic acid groups (broad SMARTS) is 1. The van der Waals surface area contributed by atoms with Gasteiger partial charge in [0.1, 0.15) is 5.69 Å². The molecule has 0 aliphatic heterocycles. The molecule has 0 atom stereocenters. The molecule has 1 aromatic heterocycles. The monoisotopic (exact) mass is 259 g/mol. The molecule has 0 amide bonds. The standard InChI is InChI=1S/C12H9N3O4/c16-12(17)5-3-9-2-4-10(11(8-9)15(18)19)14-7-1-6-13-14/h1-8H,(H,16,17)/b5-3+. The minimum atomic E-state index is -1.11. The van der Waals surface area contributed by atoms with Crippen molar-refractivity contribution in [1.82, 2.24) is 9.78 Å². The van der Waals surface area contributed by atoms with Crippen LogP contribution in [0.5, 0.6) is 0 Å². The summed E-state index contributed by atoms with van der Waals surface area (Å²) in [6.45, 7) is 0. The van der Waals surface area contributed by atoms with Crippen molar-refractivity contribution in [1.29, 1.82) is 0 Å². The molecule has 7 nitrogen and oxygen atoms in total. The van der Waals surface area contributed by atoms with Gasteiger partial charge in [0.2, 0.25) is 0 Å². The summed E-state index contributed by atoms with van der Waals surface area (Å²) in [6, 6.07) is 6.06. The van der Waals surface area contributed by atoms with Crippen LogP contribution in [0.25, 0.3) is 11.8 Å². The smallest absolute Gasteiger partial charge is 0.328 e. The minimum Gasteiger partial charge on any atom is -0.478 e. The molecule has 0 unspecified atom stereocenters. The van der Waals surface area contributed by atoms with Crippen LogP contribution >= 0.6 is 0 Å². The Morgan fingerprint density at radius 3 is 2.84 bits per heavy atom. The lowest BCUT2D eigenvalue weighted by atomic mass is 10.1. The van der Waals surface area contributed by atoms with Gasteiger partial charge >= 0.3 is 5.97 Å². The lowest BCUT2D eigenvalue weighted by Gasteiger charge is -2.03. The summed E-state index contributed by atoms with van der Waals surface area (Å²) in [5.41, 5.74) is 0.615. The Bertz CT molecular complexity index is 647. The van der Waals surface area contributed by atoms with Crippen molar-refractivity contribution in [2.45, 2.75) is 0 Å². The molecule has 0 aliphatic rings. The van der Waals surface area contributed by atoms with E-state index in [9.17, 15) is 14.9 Å². The van der Waals surface area contributed by atoms with E-state index >= 15 is 0 Å². The summed E-state index contributed by atoms with van der Waals surface area (Å²) in [5, 5.41) is 23.5. The number of nitro groups is 1. The average molecular weight is 259 g/mol. The van der Waals surface area contributed by atoms with Gasteiger partial charge in [0.25, 0.3) is 5.69 Å². The molecule has 2 aromatic rings. The predicted molar refractivity (Wildman–Crippen MR) is 66.9 cm³/mol. The van der Waals surface area contributed by atoms with Crippen molar-refractivity contribution in [2.24, 2.45) is 0 Å². The summed E-state index contributed by atoms with van der Waals surface area (Å²) in [5.74, 6) is -1.11. The van der Waals surface area contributed by atoms with Crippen LogP contribution in [0.3, 0.4) is 0 Å². The topological polar surface area (TPSA) is 98.3 Å². The van der Waals surface area contributed by atoms with Gasteiger partial charge in [-0.15, -0.1) is 0 Å². The number of carbonyl (C=O) groups is 1. The van der Waals surface area contributed by atoms with Gasteiger partial charge in [-0.3, -0.25) is 10.1 Å². The molecule has 19 heavy (non-hydrogen) atoms. The van der Waals surface area contributed by atoms with Gasteiger partial charge in [0.05, 0.1) is 4.92 Å². The first-order chi connectivity index (χ1) is 9.08. The van der Waals surface area contributed by atoms with Gasteiger partial charge in [-0.05, 0) is 23.8 Å². The van der Waals surface area contributed by atoms with E-state index in [-0.39, 0.29) is 5.69 Å². The Hall–Kier alpha value is -2.96. The first-order valence-corrected chi connectivity index (χ1v) is 5.27. The van der Waals surface area contributed by atoms with Gasteiger partial charge < -0.3 is 5.11 Å². The van der Waals surface area contributed by atoms with Crippen LogP contribution in [-0.2, 0) is 4.79 Å². The van der Waals surface area contributed by atoms with Crippen LogP contribution in [-0.4, -0.2) is 25.8 Å². The number of rotatable bonds is 4. The van der Waals surface area contributed by atoms with Gasteiger partial charge in [-0.25, -0.2) is 9.48 Å². The maximum atomic E-state index is 11.0. The lowest BCUT2D eigenvalue weighted by molar-refractivity contribution is -0.384. The molecule has 2 rings (SSSR count). The van der Waals surface area contributed by atoms with Crippen molar-refractivity contribution in [3.8, 4) is 5.69 Å².